The molecule has 0 amide bonds. The van der Waals surface area contributed by atoms with Crippen LogP contribution in [-0.4, -0.2) is 18.5 Å². The van der Waals surface area contributed by atoms with Crippen LogP contribution in [0, 0.1) is 0 Å². The Morgan fingerprint density at radius 1 is 0.846 bits per heavy atom. The zero-order valence-electron chi connectivity index (χ0n) is 15.0. The van der Waals surface area contributed by atoms with Crippen molar-refractivity contribution in [3.8, 4) is 5.75 Å². The SMILES string of the molecule is CCCOC(=O)CCCCCCCCC(=O)Oc1c(Cl)ccc(Cl)c1Cl. The Morgan fingerprint density at radius 3 is 2.00 bits per heavy atom. The van der Waals surface area contributed by atoms with E-state index in [2.05, 4.69) is 0 Å². The minimum Gasteiger partial charge on any atom is -0.466 e. The third-order valence-electron chi connectivity index (χ3n) is 3.70. The van der Waals surface area contributed by atoms with E-state index in [9.17, 15) is 9.59 Å². The van der Waals surface area contributed by atoms with Gasteiger partial charge in [0.2, 0.25) is 0 Å². The van der Waals surface area contributed by atoms with Gasteiger partial charge in [0.25, 0.3) is 0 Å². The molecule has 0 aliphatic rings. The van der Waals surface area contributed by atoms with Crippen molar-refractivity contribution in [3.63, 3.8) is 0 Å². The van der Waals surface area contributed by atoms with Gasteiger partial charge in [-0.25, -0.2) is 0 Å². The quantitative estimate of drug-likeness (QED) is 0.164. The van der Waals surface area contributed by atoms with E-state index in [-0.39, 0.29) is 32.8 Å². The molecule has 0 atom stereocenters. The molecule has 0 aromatic heterocycles. The molecule has 0 unspecified atom stereocenters. The Bertz CT molecular complexity index is 590. The molecule has 0 fully saturated rings. The van der Waals surface area contributed by atoms with Crippen molar-refractivity contribution < 1.29 is 19.1 Å². The summed E-state index contributed by atoms with van der Waals surface area (Å²) in [5, 5.41) is 0.688. The van der Waals surface area contributed by atoms with Gasteiger partial charge in [0, 0.05) is 12.8 Å². The van der Waals surface area contributed by atoms with E-state index in [0.717, 1.165) is 44.9 Å². The lowest BCUT2D eigenvalue weighted by Gasteiger charge is -2.09. The van der Waals surface area contributed by atoms with Crippen LogP contribution in [0.15, 0.2) is 12.1 Å². The summed E-state index contributed by atoms with van der Waals surface area (Å²) in [4.78, 5) is 23.2. The van der Waals surface area contributed by atoms with Crippen molar-refractivity contribution in [1.82, 2.24) is 0 Å². The molecule has 0 saturated carbocycles. The van der Waals surface area contributed by atoms with Crippen LogP contribution in [0.4, 0.5) is 0 Å². The number of hydrogen-bond acceptors (Lipinski definition) is 4. The maximum absolute atomic E-state index is 11.9. The van der Waals surface area contributed by atoms with Crippen LogP contribution < -0.4 is 4.74 Å². The Kier molecular flexibility index (Phi) is 11.7. The number of ether oxygens (including phenoxy) is 2. The highest BCUT2D eigenvalue weighted by atomic mass is 35.5. The molecular weight excluding hydrogens is 399 g/mol. The van der Waals surface area contributed by atoms with Gasteiger partial charge in [0.1, 0.15) is 5.02 Å². The first-order valence-electron chi connectivity index (χ1n) is 8.95. The Morgan fingerprint density at radius 2 is 1.38 bits per heavy atom. The molecule has 0 bridgehead atoms. The lowest BCUT2D eigenvalue weighted by atomic mass is 10.1. The highest BCUT2D eigenvalue weighted by molar-refractivity contribution is 6.44. The van der Waals surface area contributed by atoms with E-state index in [4.69, 9.17) is 44.3 Å². The van der Waals surface area contributed by atoms with Crippen molar-refractivity contribution in [2.45, 2.75) is 64.7 Å². The third-order valence-corrected chi connectivity index (χ3v) is 4.78. The largest absolute Gasteiger partial charge is 0.466 e. The molecular formula is C19H25Cl3O4. The third kappa shape index (κ3) is 9.11. The van der Waals surface area contributed by atoms with Gasteiger partial charge < -0.3 is 9.47 Å². The predicted molar refractivity (Wildman–Crippen MR) is 105 cm³/mol. The topological polar surface area (TPSA) is 52.6 Å². The lowest BCUT2D eigenvalue weighted by Crippen LogP contribution is -2.08. The number of carbonyl (C=O) groups is 2. The van der Waals surface area contributed by atoms with Crippen molar-refractivity contribution >= 4 is 46.7 Å². The second-order valence-corrected chi connectivity index (χ2v) is 7.18. The lowest BCUT2D eigenvalue weighted by molar-refractivity contribution is -0.143. The number of rotatable bonds is 12. The van der Waals surface area contributed by atoms with Crippen LogP contribution in [0.5, 0.6) is 5.75 Å². The van der Waals surface area contributed by atoms with Gasteiger partial charge in [-0.2, -0.15) is 0 Å². The molecule has 0 heterocycles. The molecule has 0 N–H and O–H groups in total. The van der Waals surface area contributed by atoms with Crippen LogP contribution in [0.3, 0.4) is 0 Å². The fourth-order valence-corrected chi connectivity index (χ4v) is 2.90. The van der Waals surface area contributed by atoms with E-state index in [1.54, 1.807) is 6.07 Å². The number of carbonyl (C=O) groups excluding carboxylic acids is 2. The standard InChI is InChI=1S/C19H25Cl3O4/c1-2-13-25-16(23)9-7-5-3-4-6-8-10-17(24)26-19-15(21)12-11-14(20)18(19)22/h11-12H,2-10,13H2,1H3. The summed E-state index contributed by atoms with van der Waals surface area (Å²) in [5.41, 5.74) is 0. The first-order valence-corrected chi connectivity index (χ1v) is 10.1. The zero-order chi connectivity index (χ0) is 19.4. The van der Waals surface area contributed by atoms with Gasteiger partial charge in [-0.1, -0.05) is 67.4 Å². The van der Waals surface area contributed by atoms with Gasteiger partial charge in [0.15, 0.2) is 5.75 Å². The molecule has 0 aliphatic carbocycles. The van der Waals surface area contributed by atoms with E-state index < -0.39 is 0 Å². The molecule has 0 spiro atoms. The van der Waals surface area contributed by atoms with Crippen molar-refractivity contribution in [1.29, 1.82) is 0 Å². The number of halogens is 3. The van der Waals surface area contributed by atoms with E-state index in [1.165, 1.54) is 6.07 Å². The van der Waals surface area contributed by atoms with Gasteiger partial charge >= 0.3 is 11.9 Å². The van der Waals surface area contributed by atoms with Crippen molar-refractivity contribution in [2.75, 3.05) is 6.61 Å². The van der Waals surface area contributed by atoms with Crippen LogP contribution in [0.25, 0.3) is 0 Å². The summed E-state index contributed by atoms with van der Waals surface area (Å²) >= 11 is 17.9. The van der Waals surface area contributed by atoms with E-state index in [0.29, 0.717) is 19.4 Å². The monoisotopic (exact) mass is 422 g/mol. The fraction of sp³-hybridized carbons (Fsp3) is 0.579. The molecule has 4 nitrogen and oxygen atoms in total. The number of hydrogen-bond donors (Lipinski definition) is 0. The van der Waals surface area contributed by atoms with Crippen LogP contribution in [0.2, 0.25) is 15.1 Å². The minimum atomic E-state index is -0.380. The number of unbranched alkanes of at least 4 members (excludes halogenated alkanes) is 5. The molecule has 1 aromatic rings. The summed E-state index contributed by atoms with van der Waals surface area (Å²) in [6, 6.07) is 3.09. The molecule has 7 heteroatoms. The Labute approximate surface area is 170 Å². The normalized spacial score (nSPS) is 10.6. The summed E-state index contributed by atoms with van der Waals surface area (Å²) in [6.07, 6.45) is 7.15. The maximum Gasteiger partial charge on any atom is 0.311 e. The summed E-state index contributed by atoms with van der Waals surface area (Å²) in [6.45, 7) is 2.47. The first kappa shape index (κ1) is 23.1. The van der Waals surface area contributed by atoms with Crippen LogP contribution in [-0.2, 0) is 14.3 Å². The highest BCUT2D eigenvalue weighted by Gasteiger charge is 2.14. The predicted octanol–water partition coefficient (Wildman–Crippen LogP) is 6.63. The van der Waals surface area contributed by atoms with Gasteiger partial charge in [0.05, 0.1) is 16.7 Å². The molecule has 1 aromatic carbocycles. The average molecular weight is 424 g/mol. The van der Waals surface area contributed by atoms with Crippen LogP contribution in [0.1, 0.15) is 64.7 Å². The molecule has 26 heavy (non-hydrogen) atoms. The van der Waals surface area contributed by atoms with Gasteiger partial charge in [-0.3, -0.25) is 9.59 Å². The summed E-state index contributed by atoms with van der Waals surface area (Å²) in [5.74, 6) is -0.386. The van der Waals surface area contributed by atoms with Crippen molar-refractivity contribution in [2.24, 2.45) is 0 Å². The second-order valence-electron chi connectivity index (χ2n) is 5.99. The maximum atomic E-state index is 11.9. The zero-order valence-corrected chi connectivity index (χ0v) is 17.3. The average Bonchev–Trinajstić information content (AvgIpc) is 2.62. The van der Waals surface area contributed by atoms with E-state index >= 15 is 0 Å². The summed E-state index contributed by atoms with van der Waals surface area (Å²) in [7, 11) is 0. The Balaban J connectivity index is 2.11. The molecule has 0 saturated heterocycles. The van der Waals surface area contributed by atoms with Gasteiger partial charge in [-0.15, -0.1) is 0 Å². The second kappa shape index (κ2) is 13.2. The fourth-order valence-electron chi connectivity index (χ4n) is 2.30. The van der Waals surface area contributed by atoms with Crippen LogP contribution >= 0.6 is 34.8 Å². The molecule has 1 rings (SSSR count). The minimum absolute atomic E-state index is 0.112. The summed E-state index contributed by atoms with van der Waals surface area (Å²) < 4.78 is 10.2. The highest BCUT2D eigenvalue weighted by Crippen LogP contribution is 2.38. The first-order chi connectivity index (χ1) is 12.5. The van der Waals surface area contributed by atoms with E-state index in [1.807, 2.05) is 6.92 Å². The molecule has 0 aliphatic heterocycles. The number of esters is 2. The van der Waals surface area contributed by atoms with Crippen molar-refractivity contribution in [3.05, 3.63) is 27.2 Å². The molecule has 0 radical (unpaired) electrons. The molecule has 146 valence electrons. The number of benzene rings is 1. The Hall–Kier alpha value is -0.970. The smallest absolute Gasteiger partial charge is 0.311 e. The van der Waals surface area contributed by atoms with Gasteiger partial charge in [-0.05, 0) is 31.4 Å².